The Morgan fingerprint density at radius 3 is 2.64 bits per heavy atom. The molecule has 0 bridgehead atoms. The van der Waals surface area contributed by atoms with Gasteiger partial charge in [0.25, 0.3) is 0 Å². The van der Waals surface area contributed by atoms with Crippen LogP contribution in [0.5, 0.6) is 5.75 Å². The highest BCUT2D eigenvalue weighted by Gasteiger charge is 2.10. The fraction of sp³-hybridized carbons (Fsp3) is 0.278. The van der Waals surface area contributed by atoms with Gasteiger partial charge in [-0.1, -0.05) is 18.2 Å². The molecule has 1 N–H and O–H groups in total. The second kappa shape index (κ2) is 6.20. The monoisotopic (exact) mass is 296 g/mol. The summed E-state index contributed by atoms with van der Waals surface area (Å²) in [7, 11) is 0. The molecule has 2 aromatic carbocycles. The van der Waals surface area contributed by atoms with E-state index in [0.29, 0.717) is 6.54 Å². The molecule has 0 unspecified atom stereocenters. The number of aryl methyl sites for hydroxylation is 2. The van der Waals surface area contributed by atoms with Gasteiger partial charge in [0.1, 0.15) is 18.5 Å². The molecule has 0 aliphatic carbocycles. The lowest BCUT2D eigenvalue weighted by Crippen LogP contribution is -2.23. The van der Waals surface area contributed by atoms with E-state index in [1.165, 1.54) is 11.1 Å². The molecule has 1 atom stereocenters. The van der Waals surface area contributed by atoms with E-state index in [2.05, 4.69) is 31.0 Å². The minimum atomic E-state index is -0.584. The normalized spacial score (nSPS) is 12.5. The molecule has 3 aromatic rings. The number of para-hydroxylation sites is 1. The zero-order chi connectivity index (χ0) is 15.5. The average Bonchev–Trinajstić information content (AvgIpc) is 2.89. The van der Waals surface area contributed by atoms with Crippen molar-refractivity contribution in [2.24, 2.45) is 0 Å². The van der Waals surface area contributed by atoms with Crippen LogP contribution < -0.4 is 4.74 Å². The van der Waals surface area contributed by atoms with E-state index in [0.717, 1.165) is 16.8 Å². The standard InChI is InChI=1S/C18H20N2O2/c1-13-8-17-18(9-14(13)2)20(12-19-17)10-15(21)11-22-16-6-4-3-5-7-16/h3-9,12,15,21H,10-11H2,1-2H3/t15-/m1/s1. The highest BCUT2D eigenvalue weighted by Crippen LogP contribution is 2.19. The van der Waals surface area contributed by atoms with Gasteiger partial charge in [-0.25, -0.2) is 4.98 Å². The Hall–Kier alpha value is -2.33. The van der Waals surface area contributed by atoms with E-state index >= 15 is 0 Å². The Labute approximate surface area is 130 Å². The topological polar surface area (TPSA) is 47.3 Å². The first kappa shape index (κ1) is 14.6. The number of fused-ring (bicyclic) bond motifs is 1. The van der Waals surface area contributed by atoms with Gasteiger partial charge in [0, 0.05) is 0 Å². The SMILES string of the molecule is Cc1cc2ncn(C[C@@H](O)COc3ccccc3)c2cc1C. The first-order chi connectivity index (χ1) is 10.6. The summed E-state index contributed by atoms with van der Waals surface area (Å²) in [6, 6.07) is 13.7. The van der Waals surface area contributed by atoms with Gasteiger partial charge in [-0.15, -0.1) is 0 Å². The maximum absolute atomic E-state index is 10.2. The first-order valence-corrected chi connectivity index (χ1v) is 7.41. The molecule has 3 rings (SSSR count). The molecule has 0 aliphatic heterocycles. The zero-order valence-corrected chi connectivity index (χ0v) is 12.9. The number of ether oxygens (including phenoxy) is 1. The largest absolute Gasteiger partial charge is 0.491 e. The predicted molar refractivity (Wildman–Crippen MR) is 87.2 cm³/mol. The van der Waals surface area contributed by atoms with Gasteiger partial charge in [0.15, 0.2) is 0 Å². The fourth-order valence-corrected chi connectivity index (χ4v) is 2.45. The Balaban J connectivity index is 1.69. The second-order valence-electron chi connectivity index (χ2n) is 5.60. The van der Waals surface area contributed by atoms with Crippen LogP contribution in [-0.2, 0) is 6.54 Å². The molecule has 0 saturated carbocycles. The summed E-state index contributed by atoms with van der Waals surface area (Å²) >= 11 is 0. The predicted octanol–water partition coefficient (Wildman–Crippen LogP) is 3.09. The van der Waals surface area contributed by atoms with Crippen LogP contribution in [0.2, 0.25) is 0 Å². The number of nitrogens with zero attached hydrogens (tertiary/aromatic N) is 2. The van der Waals surface area contributed by atoms with Crippen LogP contribution in [0.1, 0.15) is 11.1 Å². The van der Waals surface area contributed by atoms with E-state index in [1.54, 1.807) is 6.33 Å². The molecule has 1 aromatic heterocycles. The van der Waals surface area contributed by atoms with Crippen LogP contribution in [0.4, 0.5) is 0 Å². The number of hydrogen-bond acceptors (Lipinski definition) is 3. The Bertz CT molecular complexity index is 765. The van der Waals surface area contributed by atoms with E-state index in [4.69, 9.17) is 4.74 Å². The maximum atomic E-state index is 10.2. The Morgan fingerprint density at radius 2 is 1.86 bits per heavy atom. The number of rotatable bonds is 5. The zero-order valence-electron chi connectivity index (χ0n) is 12.9. The van der Waals surface area contributed by atoms with Gasteiger partial charge in [0.05, 0.1) is 23.9 Å². The Morgan fingerprint density at radius 1 is 1.14 bits per heavy atom. The van der Waals surface area contributed by atoms with Gasteiger partial charge in [-0.05, 0) is 49.2 Å². The number of aromatic nitrogens is 2. The van der Waals surface area contributed by atoms with Crippen molar-refractivity contribution in [1.29, 1.82) is 0 Å². The van der Waals surface area contributed by atoms with Crippen molar-refractivity contribution in [3.8, 4) is 5.75 Å². The highest BCUT2D eigenvalue weighted by molar-refractivity contribution is 5.77. The van der Waals surface area contributed by atoms with Crippen molar-refractivity contribution in [2.45, 2.75) is 26.5 Å². The lowest BCUT2D eigenvalue weighted by molar-refractivity contribution is 0.0934. The summed E-state index contributed by atoms with van der Waals surface area (Å²) in [6.45, 7) is 4.89. The lowest BCUT2D eigenvalue weighted by atomic mass is 10.1. The number of hydrogen-bond donors (Lipinski definition) is 1. The van der Waals surface area contributed by atoms with Crippen LogP contribution >= 0.6 is 0 Å². The third kappa shape index (κ3) is 3.12. The Kier molecular flexibility index (Phi) is 4.11. The van der Waals surface area contributed by atoms with Gasteiger partial charge in [-0.2, -0.15) is 0 Å². The summed E-state index contributed by atoms with van der Waals surface area (Å²) < 4.78 is 7.56. The quantitative estimate of drug-likeness (QED) is 0.787. The number of aliphatic hydroxyl groups excluding tert-OH is 1. The molecule has 0 radical (unpaired) electrons. The van der Waals surface area contributed by atoms with Crippen molar-refractivity contribution in [1.82, 2.24) is 9.55 Å². The van der Waals surface area contributed by atoms with E-state index in [-0.39, 0.29) is 6.61 Å². The molecule has 0 spiro atoms. The van der Waals surface area contributed by atoms with Crippen molar-refractivity contribution < 1.29 is 9.84 Å². The smallest absolute Gasteiger partial charge is 0.119 e. The van der Waals surface area contributed by atoms with Gasteiger partial charge >= 0.3 is 0 Å². The third-order valence-electron chi connectivity index (χ3n) is 3.83. The van der Waals surface area contributed by atoms with Crippen LogP contribution in [0.15, 0.2) is 48.8 Å². The van der Waals surface area contributed by atoms with Crippen molar-refractivity contribution in [2.75, 3.05) is 6.61 Å². The van der Waals surface area contributed by atoms with E-state index in [1.807, 2.05) is 34.9 Å². The maximum Gasteiger partial charge on any atom is 0.119 e. The van der Waals surface area contributed by atoms with Gasteiger partial charge < -0.3 is 14.4 Å². The van der Waals surface area contributed by atoms with Crippen molar-refractivity contribution in [3.63, 3.8) is 0 Å². The molecule has 1 heterocycles. The molecule has 114 valence electrons. The number of imidazole rings is 1. The molecule has 4 nitrogen and oxygen atoms in total. The van der Waals surface area contributed by atoms with Crippen molar-refractivity contribution in [3.05, 3.63) is 59.9 Å². The summed E-state index contributed by atoms with van der Waals surface area (Å²) in [4.78, 5) is 4.40. The van der Waals surface area contributed by atoms with Crippen LogP contribution in [0.3, 0.4) is 0 Å². The fourth-order valence-electron chi connectivity index (χ4n) is 2.45. The molecule has 4 heteroatoms. The summed E-state index contributed by atoms with van der Waals surface area (Å²) in [5.74, 6) is 0.767. The molecule has 0 aliphatic rings. The first-order valence-electron chi connectivity index (χ1n) is 7.41. The second-order valence-corrected chi connectivity index (χ2v) is 5.60. The van der Waals surface area contributed by atoms with Crippen LogP contribution in [-0.4, -0.2) is 27.4 Å². The average molecular weight is 296 g/mol. The third-order valence-corrected chi connectivity index (χ3v) is 3.83. The minimum absolute atomic E-state index is 0.258. The molecular weight excluding hydrogens is 276 g/mol. The van der Waals surface area contributed by atoms with Crippen LogP contribution in [0, 0.1) is 13.8 Å². The molecule has 22 heavy (non-hydrogen) atoms. The molecular formula is C18H20N2O2. The number of aliphatic hydroxyl groups is 1. The van der Waals surface area contributed by atoms with Gasteiger partial charge in [-0.3, -0.25) is 0 Å². The van der Waals surface area contributed by atoms with Crippen molar-refractivity contribution >= 4 is 11.0 Å². The minimum Gasteiger partial charge on any atom is -0.491 e. The summed E-state index contributed by atoms with van der Waals surface area (Å²) in [5.41, 5.74) is 4.45. The molecule has 0 fully saturated rings. The highest BCUT2D eigenvalue weighted by atomic mass is 16.5. The van der Waals surface area contributed by atoms with Gasteiger partial charge in [0.2, 0.25) is 0 Å². The number of benzene rings is 2. The van der Waals surface area contributed by atoms with E-state index in [9.17, 15) is 5.11 Å². The summed E-state index contributed by atoms with van der Waals surface area (Å²) in [6.07, 6.45) is 1.19. The summed E-state index contributed by atoms with van der Waals surface area (Å²) in [5, 5.41) is 10.2. The lowest BCUT2D eigenvalue weighted by Gasteiger charge is -2.14. The van der Waals surface area contributed by atoms with Crippen LogP contribution in [0.25, 0.3) is 11.0 Å². The molecule has 0 saturated heterocycles. The molecule has 0 amide bonds. The van der Waals surface area contributed by atoms with E-state index < -0.39 is 6.10 Å².